The first-order chi connectivity index (χ1) is 13.5. The summed E-state index contributed by atoms with van der Waals surface area (Å²) in [6.07, 6.45) is 0.0700. The van der Waals surface area contributed by atoms with Gasteiger partial charge >= 0.3 is 0 Å². The topological polar surface area (TPSA) is 71.0 Å². The van der Waals surface area contributed by atoms with Crippen molar-refractivity contribution < 1.29 is 18.7 Å². The van der Waals surface area contributed by atoms with Crippen molar-refractivity contribution in [3.63, 3.8) is 0 Å². The minimum absolute atomic E-state index is 0.0700. The van der Waals surface area contributed by atoms with E-state index in [0.717, 1.165) is 0 Å². The fourth-order valence-corrected chi connectivity index (χ4v) is 3.64. The summed E-state index contributed by atoms with van der Waals surface area (Å²) in [6.45, 7) is 2.41. The van der Waals surface area contributed by atoms with Gasteiger partial charge in [0.15, 0.2) is 5.17 Å². The maximum absolute atomic E-state index is 13.1. The lowest BCUT2D eigenvalue weighted by molar-refractivity contribution is -0.128. The van der Waals surface area contributed by atoms with E-state index in [4.69, 9.17) is 4.74 Å². The van der Waals surface area contributed by atoms with Crippen LogP contribution in [0.4, 0.5) is 15.8 Å². The van der Waals surface area contributed by atoms with Crippen LogP contribution in [-0.4, -0.2) is 40.8 Å². The number of hydrogen-bond donors (Lipinski definition) is 1. The van der Waals surface area contributed by atoms with Gasteiger partial charge in [0.2, 0.25) is 11.8 Å². The van der Waals surface area contributed by atoms with Crippen LogP contribution in [0.2, 0.25) is 0 Å². The Labute approximate surface area is 166 Å². The van der Waals surface area contributed by atoms with Gasteiger partial charge < -0.3 is 10.1 Å². The number of hydrogen-bond acceptors (Lipinski definition) is 5. The molecule has 1 saturated heterocycles. The monoisotopic (exact) mass is 401 g/mol. The van der Waals surface area contributed by atoms with Crippen molar-refractivity contribution in [2.75, 3.05) is 19.0 Å². The summed E-state index contributed by atoms with van der Waals surface area (Å²) < 4.78 is 18.5. The van der Waals surface area contributed by atoms with Crippen LogP contribution in [0, 0.1) is 5.82 Å². The number of aliphatic imine (C=N–C) groups is 1. The molecule has 1 heterocycles. The Morgan fingerprint density at radius 2 is 2.07 bits per heavy atom. The van der Waals surface area contributed by atoms with Gasteiger partial charge in [-0.1, -0.05) is 17.8 Å². The minimum atomic E-state index is -0.612. The molecule has 1 atom stereocenters. The van der Waals surface area contributed by atoms with Crippen LogP contribution in [0.3, 0.4) is 0 Å². The van der Waals surface area contributed by atoms with Gasteiger partial charge in [-0.2, -0.15) is 0 Å². The molecule has 0 unspecified atom stereocenters. The number of halogens is 1. The average Bonchev–Trinajstić information content (AvgIpc) is 2.67. The number of benzene rings is 2. The van der Waals surface area contributed by atoms with Crippen LogP contribution in [0.5, 0.6) is 5.75 Å². The molecule has 0 spiro atoms. The average molecular weight is 401 g/mol. The highest BCUT2D eigenvalue weighted by atomic mass is 32.2. The van der Waals surface area contributed by atoms with Crippen LogP contribution in [0.1, 0.15) is 13.3 Å². The third-order valence-corrected chi connectivity index (χ3v) is 5.27. The molecule has 0 aliphatic carbocycles. The number of ether oxygens (including phenoxy) is 1. The van der Waals surface area contributed by atoms with Gasteiger partial charge in [-0.15, -0.1) is 0 Å². The zero-order chi connectivity index (χ0) is 20.1. The molecule has 0 bridgehead atoms. The lowest BCUT2D eigenvalue weighted by atomic mass is 10.2. The van der Waals surface area contributed by atoms with Gasteiger partial charge in [-0.05, 0) is 43.3 Å². The molecule has 8 heteroatoms. The Kier molecular flexibility index (Phi) is 6.30. The van der Waals surface area contributed by atoms with Gasteiger partial charge in [0.1, 0.15) is 16.8 Å². The molecule has 2 aromatic carbocycles. The molecule has 0 saturated carbocycles. The molecule has 0 radical (unpaired) electrons. The van der Waals surface area contributed by atoms with Crippen molar-refractivity contribution in [3.05, 3.63) is 54.3 Å². The number of amides is 2. The lowest BCUT2D eigenvalue weighted by Gasteiger charge is -2.28. The van der Waals surface area contributed by atoms with Crippen molar-refractivity contribution in [2.24, 2.45) is 4.99 Å². The highest BCUT2D eigenvalue weighted by molar-refractivity contribution is 8.15. The van der Waals surface area contributed by atoms with E-state index in [9.17, 15) is 14.0 Å². The number of anilines is 1. The Balaban J connectivity index is 1.74. The summed E-state index contributed by atoms with van der Waals surface area (Å²) in [5.74, 6) is -0.197. The van der Waals surface area contributed by atoms with Gasteiger partial charge in [-0.25, -0.2) is 9.38 Å². The first kappa shape index (κ1) is 19.9. The molecular weight excluding hydrogens is 381 g/mol. The Morgan fingerprint density at radius 1 is 1.32 bits per heavy atom. The van der Waals surface area contributed by atoms with Crippen LogP contribution in [0.25, 0.3) is 0 Å². The predicted molar refractivity (Wildman–Crippen MR) is 109 cm³/mol. The summed E-state index contributed by atoms with van der Waals surface area (Å²) in [5.41, 5.74) is 1.11. The second-order valence-electron chi connectivity index (χ2n) is 6.08. The second kappa shape index (κ2) is 8.88. The third-order valence-electron chi connectivity index (χ3n) is 4.03. The third kappa shape index (κ3) is 4.89. The van der Waals surface area contributed by atoms with Gasteiger partial charge in [0.25, 0.3) is 0 Å². The molecule has 2 aromatic rings. The number of carbonyl (C=O) groups is 2. The maximum atomic E-state index is 13.1. The van der Waals surface area contributed by atoms with Crippen molar-refractivity contribution in [3.8, 4) is 5.75 Å². The number of nitrogens with zero attached hydrogens (tertiary/aromatic N) is 2. The zero-order valence-corrected chi connectivity index (χ0v) is 16.3. The normalized spacial score (nSPS) is 18.2. The number of rotatable bonds is 5. The maximum Gasteiger partial charge on any atom is 0.238 e. The summed E-state index contributed by atoms with van der Waals surface area (Å²) >= 11 is 1.20. The van der Waals surface area contributed by atoms with Gasteiger partial charge in [0, 0.05) is 25.2 Å². The smallest absolute Gasteiger partial charge is 0.238 e. The van der Waals surface area contributed by atoms with Crippen LogP contribution < -0.4 is 10.1 Å². The zero-order valence-electron chi connectivity index (χ0n) is 15.5. The highest BCUT2D eigenvalue weighted by Crippen LogP contribution is 2.29. The number of nitrogens with one attached hydrogen (secondary N) is 1. The molecule has 0 aromatic heterocycles. The van der Waals surface area contributed by atoms with Crippen LogP contribution in [-0.2, 0) is 9.59 Å². The van der Waals surface area contributed by atoms with Crippen molar-refractivity contribution in [1.29, 1.82) is 0 Å². The van der Waals surface area contributed by atoms with E-state index in [1.54, 1.807) is 31.3 Å². The molecule has 1 aliphatic heterocycles. The fourth-order valence-electron chi connectivity index (χ4n) is 2.58. The summed E-state index contributed by atoms with van der Waals surface area (Å²) in [5, 5.41) is 2.60. The molecule has 28 heavy (non-hydrogen) atoms. The standard InChI is InChI=1S/C20H20FN3O3S/c1-3-27-16-6-4-5-15(11-16)22-19(26)17-12-18(25)24(2)20(28-17)23-14-9-7-13(21)8-10-14/h4-11,17H,3,12H2,1-2H3,(H,22,26)/t17-/m0/s1. The molecule has 6 nitrogen and oxygen atoms in total. The van der Waals surface area contributed by atoms with E-state index in [1.165, 1.54) is 40.9 Å². The van der Waals surface area contributed by atoms with Crippen molar-refractivity contribution in [1.82, 2.24) is 4.90 Å². The quantitative estimate of drug-likeness (QED) is 0.827. The SMILES string of the molecule is CCOc1cccc(NC(=O)[C@@H]2CC(=O)N(C)C(=Nc3ccc(F)cc3)S2)c1. The first-order valence-electron chi connectivity index (χ1n) is 8.77. The van der Waals surface area contributed by atoms with Crippen LogP contribution >= 0.6 is 11.8 Å². The second-order valence-corrected chi connectivity index (χ2v) is 7.25. The molecular formula is C20H20FN3O3S. The molecule has 3 rings (SSSR count). The highest BCUT2D eigenvalue weighted by Gasteiger charge is 2.34. The number of amidine groups is 1. The predicted octanol–water partition coefficient (Wildman–Crippen LogP) is 3.81. The number of carbonyl (C=O) groups excluding carboxylic acids is 2. The molecule has 1 N–H and O–H groups in total. The summed E-state index contributed by atoms with van der Waals surface area (Å²) in [4.78, 5) is 30.8. The van der Waals surface area contributed by atoms with Crippen LogP contribution in [0.15, 0.2) is 53.5 Å². The lowest BCUT2D eigenvalue weighted by Crippen LogP contribution is -2.43. The van der Waals surface area contributed by atoms with E-state index >= 15 is 0 Å². The van der Waals surface area contributed by atoms with Crippen molar-refractivity contribution in [2.45, 2.75) is 18.6 Å². The Hall–Kier alpha value is -2.87. The Bertz CT molecular complexity index is 902. The van der Waals surface area contributed by atoms with Gasteiger partial charge in [0.05, 0.1) is 12.3 Å². The summed E-state index contributed by atoms with van der Waals surface area (Å²) in [7, 11) is 1.61. The van der Waals surface area contributed by atoms with E-state index in [0.29, 0.717) is 28.9 Å². The van der Waals surface area contributed by atoms with Crippen molar-refractivity contribution >= 4 is 40.1 Å². The molecule has 1 fully saturated rings. The molecule has 1 aliphatic rings. The minimum Gasteiger partial charge on any atom is -0.494 e. The van der Waals surface area contributed by atoms with E-state index < -0.39 is 5.25 Å². The van der Waals surface area contributed by atoms with E-state index in [2.05, 4.69) is 10.3 Å². The fraction of sp³-hybridized carbons (Fsp3) is 0.250. The summed E-state index contributed by atoms with van der Waals surface area (Å²) in [6, 6.07) is 12.7. The van der Waals surface area contributed by atoms with Gasteiger partial charge in [-0.3, -0.25) is 14.5 Å². The molecule has 146 valence electrons. The number of thioether (sulfide) groups is 1. The Morgan fingerprint density at radius 3 is 2.79 bits per heavy atom. The van der Waals surface area contributed by atoms with E-state index in [-0.39, 0.29) is 24.1 Å². The largest absolute Gasteiger partial charge is 0.494 e. The first-order valence-corrected chi connectivity index (χ1v) is 9.65. The molecule has 2 amide bonds. The van der Waals surface area contributed by atoms with E-state index in [1.807, 2.05) is 6.92 Å².